The van der Waals surface area contributed by atoms with E-state index in [1.165, 1.54) is 0 Å². The summed E-state index contributed by atoms with van der Waals surface area (Å²) in [7, 11) is 0. The molecule has 0 aliphatic rings. The van der Waals surface area contributed by atoms with Crippen molar-refractivity contribution in [3.63, 3.8) is 0 Å². The third kappa shape index (κ3) is 1.88. The van der Waals surface area contributed by atoms with Crippen molar-refractivity contribution in [2.75, 3.05) is 0 Å². The van der Waals surface area contributed by atoms with Gasteiger partial charge in [-0.25, -0.2) is 17.6 Å². The Morgan fingerprint density at radius 3 is 1.92 bits per heavy atom. The van der Waals surface area contributed by atoms with E-state index in [9.17, 15) is 17.6 Å². The summed E-state index contributed by atoms with van der Waals surface area (Å²) in [6, 6.07) is 0.605. The third-order valence-corrected chi connectivity index (χ3v) is 1.28. The standard InChI is InChI=1S/C7H4F4.Ag/c1-3-2-4(8)6(10)7(11)5(3)9;/h2H,1H3;. The Labute approximate surface area is 82.1 Å². The molecule has 0 spiro atoms. The molecule has 1 radical (unpaired) electrons. The molecule has 0 saturated heterocycles. The number of benzene rings is 1. The van der Waals surface area contributed by atoms with Gasteiger partial charge in [-0.05, 0) is 18.6 Å². The zero-order chi connectivity index (χ0) is 8.59. The number of aryl methyl sites for hydroxylation is 1. The Bertz CT molecular complexity index is 272. The number of rotatable bonds is 0. The molecule has 0 aliphatic carbocycles. The van der Waals surface area contributed by atoms with Crippen LogP contribution in [0.5, 0.6) is 0 Å². The van der Waals surface area contributed by atoms with Crippen LogP contribution < -0.4 is 0 Å². The minimum absolute atomic E-state index is 0. The normalized spacial score (nSPS) is 9.42. The molecular weight excluding hydrogens is 268 g/mol. The molecule has 1 aromatic rings. The molecule has 0 heterocycles. The molecule has 5 heteroatoms. The second-order valence-corrected chi connectivity index (χ2v) is 2.12. The van der Waals surface area contributed by atoms with Gasteiger partial charge in [-0.3, -0.25) is 0 Å². The van der Waals surface area contributed by atoms with Crippen LogP contribution in [0.15, 0.2) is 6.07 Å². The van der Waals surface area contributed by atoms with Gasteiger partial charge in [0, 0.05) is 22.4 Å². The molecule has 0 atom stereocenters. The first-order chi connectivity index (χ1) is 5.04. The molecule has 0 saturated carbocycles. The van der Waals surface area contributed by atoms with Gasteiger partial charge in [-0.15, -0.1) is 0 Å². The van der Waals surface area contributed by atoms with Gasteiger partial charge >= 0.3 is 0 Å². The van der Waals surface area contributed by atoms with Crippen molar-refractivity contribution in [2.24, 2.45) is 0 Å². The first-order valence-corrected chi connectivity index (χ1v) is 2.83. The average Bonchev–Trinajstić information content (AvgIpc) is 1.97. The summed E-state index contributed by atoms with van der Waals surface area (Å²) in [5.41, 5.74) is -0.249. The Morgan fingerprint density at radius 1 is 0.917 bits per heavy atom. The maximum atomic E-state index is 12.4. The molecule has 1 rings (SSSR count). The maximum Gasteiger partial charge on any atom is 0.197 e. The summed E-state index contributed by atoms with van der Waals surface area (Å²) < 4.78 is 49.1. The SMILES string of the molecule is Cc1cc(F)c(F)c(F)c1F.[Ag]. The molecule has 0 N–H and O–H groups in total. The quantitative estimate of drug-likeness (QED) is 0.295. The van der Waals surface area contributed by atoms with E-state index >= 15 is 0 Å². The number of hydrogen-bond acceptors (Lipinski definition) is 0. The topological polar surface area (TPSA) is 0 Å². The van der Waals surface area contributed by atoms with Crippen LogP contribution >= 0.6 is 0 Å². The molecule has 0 aliphatic heterocycles. The third-order valence-electron chi connectivity index (χ3n) is 1.28. The van der Waals surface area contributed by atoms with Crippen LogP contribution in [0.25, 0.3) is 0 Å². The zero-order valence-corrected chi connectivity index (χ0v) is 7.37. The van der Waals surface area contributed by atoms with E-state index in [1.54, 1.807) is 0 Å². The van der Waals surface area contributed by atoms with Crippen molar-refractivity contribution >= 4 is 0 Å². The largest absolute Gasteiger partial charge is 0.204 e. The monoisotopic (exact) mass is 271 g/mol. The zero-order valence-electron chi connectivity index (χ0n) is 5.89. The fourth-order valence-electron chi connectivity index (χ4n) is 0.691. The van der Waals surface area contributed by atoms with Crippen molar-refractivity contribution in [3.05, 3.63) is 34.9 Å². The molecule has 0 bridgehead atoms. The average molecular weight is 272 g/mol. The molecule has 0 aromatic heterocycles. The van der Waals surface area contributed by atoms with Gasteiger partial charge in [0.1, 0.15) is 0 Å². The second-order valence-electron chi connectivity index (χ2n) is 2.12. The molecule has 12 heavy (non-hydrogen) atoms. The van der Waals surface area contributed by atoms with Crippen molar-refractivity contribution in [2.45, 2.75) is 6.92 Å². The summed E-state index contributed by atoms with van der Waals surface area (Å²) in [5, 5.41) is 0. The van der Waals surface area contributed by atoms with Gasteiger partial charge in [0.15, 0.2) is 23.3 Å². The number of hydrogen-bond donors (Lipinski definition) is 0. The minimum atomic E-state index is -1.77. The molecule has 0 unspecified atom stereocenters. The smallest absolute Gasteiger partial charge is 0.197 e. The molecule has 0 amide bonds. The second kappa shape index (κ2) is 4.07. The van der Waals surface area contributed by atoms with Gasteiger partial charge in [-0.2, -0.15) is 0 Å². The van der Waals surface area contributed by atoms with Crippen molar-refractivity contribution in [1.82, 2.24) is 0 Å². The molecule has 0 fully saturated rings. The fourth-order valence-corrected chi connectivity index (χ4v) is 0.691. The summed E-state index contributed by atoms with van der Waals surface area (Å²) >= 11 is 0. The Morgan fingerprint density at radius 2 is 1.42 bits per heavy atom. The van der Waals surface area contributed by atoms with Crippen molar-refractivity contribution in [3.8, 4) is 0 Å². The van der Waals surface area contributed by atoms with E-state index in [0.717, 1.165) is 6.92 Å². The van der Waals surface area contributed by atoms with Crippen LogP contribution in [0.1, 0.15) is 5.56 Å². The summed E-state index contributed by atoms with van der Waals surface area (Å²) in [6.45, 7) is 1.15. The van der Waals surface area contributed by atoms with Gasteiger partial charge in [0.05, 0.1) is 0 Å². The first-order valence-electron chi connectivity index (χ1n) is 2.83. The van der Waals surface area contributed by atoms with Crippen molar-refractivity contribution in [1.29, 1.82) is 0 Å². The van der Waals surface area contributed by atoms with Crippen LogP contribution in [-0.4, -0.2) is 0 Å². The fraction of sp³-hybridized carbons (Fsp3) is 0.143. The van der Waals surface area contributed by atoms with Gasteiger partial charge in [0.25, 0.3) is 0 Å². The summed E-state index contributed by atoms with van der Waals surface area (Å²) in [6.07, 6.45) is 0. The van der Waals surface area contributed by atoms with E-state index in [0.29, 0.717) is 6.07 Å². The Kier molecular flexibility index (Phi) is 3.96. The predicted octanol–water partition coefficient (Wildman–Crippen LogP) is 2.55. The summed E-state index contributed by atoms with van der Waals surface area (Å²) in [4.78, 5) is 0. The van der Waals surface area contributed by atoms with Crippen LogP contribution in [0, 0.1) is 30.2 Å². The summed E-state index contributed by atoms with van der Waals surface area (Å²) in [5.74, 6) is -6.25. The van der Waals surface area contributed by atoms with Crippen LogP contribution in [0.2, 0.25) is 0 Å². The van der Waals surface area contributed by atoms with E-state index in [4.69, 9.17) is 0 Å². The van der Waals surface area contributed by atoms with Gasteiger partial charge in [0.2, 0.25) is 0 Å². The molecule has 71 valence electrons. The molecular formula is C7H4AgF4. The van der Waals surface area contributed by atoms with E-state index < -0.39 is 23.3 Å². The predicted molar refractivity (Wildman–Crippen MR) is 31.0 cm³/mol. The first kappa shape index (κ1) is 11.7. The molecule has 1 aromatic carbocycles. The van der Waals surface area contributed by atoms with Crippen LogP contribution in [0.3, 0.4) is 0 Å². The number of halogens is 4. The van der Waals surface area contributed by atoms with Gasteiger partial charge in [-0.1, -0.05) is 0 Å². The molecule has 0 nitrogen and oxygen atoms in total. The van der Waals surface area contributed by atoms with Crippen LogP contribution in [0.4, 0.5) is 17.6 Å². The van der Waals surface area contributed by atoms with E-state index in [-0.39, 0.29) is 27.9 Å². The van der Waals surface area contributed by atoms with E-state index in [2.05, 4.69) is 0 Å². The Hall–Kier alpha value is -0.320. The van der Waals surface area contributed by atoms with Gasteiger partial charge < -0.3 is 0 Å². The minimum Gasteiger partial charge on any atom is -0.204 e. The van der Waals surface area contributed by atoms with Crippen molar-refractivity contribution < 1.29 is 39.9 Å². The Balaban J connectivity index is 0.00000121. The maximum absolute atomic E-state index is 12.4. The van der Waals surface area contributed by atoms with Crippen LogP contribution in [-0.2, 0) is 22.4 Å². The van der Waals surface area contributed by atoms with E-state index in [1.807, 2.05) is 0 Å².